The van der Waals surface area contributed by atoms with Gasteiger partial charge in [0.25, 0.3) is 0 Å². The van der Waals surface area contributed by atoms with Crippen LogP contribution in [0.4, 0.5) is 26.8 Å². The molecule has 1 aromatic rings. The Morgan fingerprint density at radius 1 is 1.07 bits per heavy atom. The predicted octanol–water partition coefficient (Wildman–Crippen LogP) is 5.47. The summed E-state index contributed by atoms with van der Waals surface area (Å²) in [6.07, 6.45) is -1.02. The van der Waals surface area contributed by atoms with Gasteiger partial charge in [-0.05, 0) is 23.5 Å². The maximum absolute atomic E-state index is 13.8. The molecule has 10 heteroatoms. The molecular formula is C17H24F5NO3Si. The van der Waals surface area contributed by atoms with Gasteiger partial charge >= 0.3 is 6.09 Å². The topological polar surface area (TPSA) is 49.8 Å². The third-order valence-corrected chi connectivity index (χ3v) is 9.80. The number of rotatable bonds is 8. The number of unbranched alkanes of at least 4 members (excludes halogenated alkanes) is 1. The van der Waals surface area contributed by atoms with Crippen molar-refractivity contribution in [3.63, 3.8) is 0 Å². The van der Waals surface area contributed by atoms with Crippen LogP contribution in [0.3, 0.4) is 0 Å². The molecule has 1 amide bonds. The fourth-order valence-corrected chi connectivity index (χ4v) is 6.07. The molecule has 154 valence electrons. The third-order valence-electron chi connectivity index (χ3n) is 4.65. The summed E-state index contributed by atoms with van der Waals surface area (Å²) < 4.78 is 70.4. The number of carbonyl (C=O) groups excluding carboxylic acids is 1. The van der Waals surface area contributed by atoms with Gasteiger partial charge in [0.2, 0.25) is 11.6 Å². The highest BCUT2D eigenvalue weighted by Crippen LogP contribution is 2.34. The minimum atomic E-state index is -2.52. The lowest BCUT2D eigenvalue weighted by atomic mass is 10.3. The summed E-state index contributed by atoms with van der Waals surface area (Å²) in [6.45, 7) is 7.31. The van der Waals surface area contributed by atoms with Gasteiger partial charge < -0.3 is 9.53 Å². The molecule has 1 aromatic carbocycles. The van der Waals surface area contributed by atoms with Crippen LogP contribution in [0.25, 0.3) is 0 Å². The second-order valence-corrected chi connectivity index (χ2v) is 11.8. The molecule has 0 spiro atoms. The first-order valence-corrected chi connectivity index (χ1v) is 10.9. The van der Waals surface area contributed by atoms with Crippen LogP contribution in [0.2, 0.25) is 17.1 Å². The Morgan fingerprint density at radius 2 is 1.63 bits per heavy atom. The van der Waals surface area contributed by atoms with E-state index in [-0.39, 0.29) is 28.7 Å². The second-order valence-electron chi connectivity index (χ2n) is 7.01. The fraction of sp³-hybridized carbons (Fsp3) is 0.588. The SMILES string of the molecule is CC(C)[Si](O)(CCCCN(F)C(=O)Oc1cc(F)c(F)c(F)c1F)C(C)C. The molecule has 0 aromatic heterocycles. The summed E-state index contributed by atoms with van der Waals surface area (Å²) in [6, 6.07) is 0.644. The number of benzene rings is 1. The third kappa shape index (κ3) is 5.65. The predicted molar refractivity (Wildman–Crippen MR) is 92.3 cm³/mol. The Morgan fingerprint density at radius 3 is 2.15 bits per heavy atom. The highest BCUT2D eigenvalue weighted by atomic mass is 28.4. The van der Waals surface area contributed by atoms with E-state index >= 15 is 0 Å². The number of halogens is 5. The van der Waals surface area contributed by atoms with Crippen LogP contribution in [0.5, 0.6) is 5.75 Å². The minimum Gasteiger partial charge on any atom is -0.431 e. The van der Waals surface area contributed by atoms with E-state index in [1.807, 2.05) is 27.7 Å². The Labute approximate surface area is 156 Å². The van der Waals surface area contributed by atoms with Gasteiger partial charge in [0.15, 0.2) is 25.7 Å². The molecule has 0 fully saturated rings. The molecule has 4 nitrogen and oxygen atoms in total. The van der Waals surface area contributed by atoms with Crippen molar-refractivity contribution < 1.29 is 36.4 Å². The van der Waals surface area contributed by atoms with Gasteiger partial charge in [-0.25, -0.2) is 18.0 Å². The van der Waals surface area contributed by atoms with Crippen molar-refractivity contribution in [1.82, 2.24) is 5.12 Å². The number of nitrogens with zero attached hydrogens (tertiary/aromatic N) is 1. The number of hydrogen-bond acceptors (Lipinski definition) is 3. The summed E-state index contributed by atoms with van der Waals surface area (Å²) in [7, 11) is -2.52. The summed E-state index contributed by atoms with van der Waals surface area (Å²) in [5.41, 5.74) is 0.241. The highest BCUT2D eigenvalue weighted by molar-refractivity contribution is 6.75. The van der Waals surface area contributed by atoms with Gasteiger partial charge in [-0.15, -0.1) is 5.12 Å². The maximum Gasteiger partial charge on any atom is 0.443 e. The van der Waals surface area contributed by atoms with Crippen LogP contribution in [0.15, 0.2) is 6.07 Å². The first-order chi connectivity index (χ1) is 12.4. The molecule has 1 rings (SSSR count). The highest BCUT2D eigenvalue weighted by Gasteiger charge is 2.37. The monoisotopic (exact) mass is 413 g/mol. The molecule has 0 saturated heterocycles. The normalized spacial score (nSPS) is 12.0. The molecular weight excluding hydrogens is 389 g/mol. The number of carbonyl (C=O) groups is 1. The van der Waals surface area contributed by atoms with Crippen molar-refractivity contribution in [3.05, 3.63) is 29.3 Å². The quantitative estimate of drug-likeness (QED) is 0.154. The van der Waals surface area contributed by atoms with E-state index in [1.54, 1.807) is 0 Å². The van der Waals surface area contributed by atoms with Crippen molar-refractivity contribution in [2.45, 2.75) is 57.7 Å². The van der Waals surface area contributed by atoms with Crippen molar-refractivity contribution in [2.24, 2.45) is 0 Å². The Kier molecular flexibility index (Phi) is 8.21. The summed E-state index contributed by atoms with van der Waals surface area (Å²) in [5, 5.41) is -0.371. The van der Waals surface area contributed by atoms with E-state index in [0.717, 1.165) is 0 Å². The first kappa shape index (κ1) is 23.4. The van der Waals surface area contributed by atoms with E-state index in [4.69, 9.17) is 0 Å². The molecule has 27 heavy (non-hydrogen) atoms. The maximum atomic E-state index is 13.8. The Bertz CT molecular complexity index is 664. The Balaban J connectivity index is 2.59. The van der Waals surface area contributed by atoms with Crippen LogP contribution < -0.4 is 4.74 Å². The molecule has 0 atom stereocenters. The van der Waals surface area contributed by atoms with Gasteiger partial charge in [-0.2, -0.15) is 4.39 Å². The van der Waals surface area contributed by atoms with Crippen LogP contribution in [0.1, 0.15) is 40.5 Å². The zero-order chi connectivity index (χ0) is 20.9. The molecule has 0 saturated carbocycles. The van der Waals surface area contributed by atoms with Gasteiger partial charge in [-0.1, -0.05) is 38.6 Å². The lowest BCUT2D eigenvalue weighted by molar-refractivity contribution is 0.0350. The average Bonchev–Trinajstić information content (AvgIpc) is 2.60. The molecule has 0 unspecified atom stereocenters. The van der Waals surface area contributed by atoms with Gasteiger partial charge in [0, 0.05) is 6.07 Å². The van der Waals surface area contributed by atoms with Crippen molar-refractivity contribution in [1.29, 1.82) is 0 Å². The van der Waals surface area contributed by atoms with Gasteiger partial charge in [0.05, 0.1) is 6.54 Å². The van der Waals surface area contributed by atoms with Crippen LogP contribution >= 0.6 is 0 Å². The lowest BCUT2D eigenvalue weighted by Crippen LogP contribution is -2.41. The number of ether oxygens (including phenoxy) is 1. The van der Waals surface area contributed by atoms with Crippen LogP contribution in [0, 0.1) is 23.3 Å². The van der Waals surface area contributed by atoms with Gasteiger partial charge in [0.1, 0.15) is 0 Å². The minimum absolute atomic E-state index is 0.121. The molecule has 0 bridgehead atoms. The lowest BCUT2D eigenvalue weighted by Gasteiger charge is -2.33. The molecule has 0 aliphatic heterocycles. The zero-order valence-electron chi connectivity index (χ0n) is 15.7. The number of amides is 1. The van der Waals surface area contributed by atoms with E-state index in [1.165, 1.54) is 0 Å². The molecule has 0 aliphatic rings. The standard InChI is InChI=1S/C17H24F5NO3Si/c1-10(2)27(25,11(3)4)8-6-5-7-23(22)17(24)26-13-9-12(18)14(19)16(21)15(13)20/h9-11,25H,5-8H2,1-4H3. The second kappa shape index (κ2) is 9.49. The molecule has 1 N–H and O–H groups in total. The van der Waals surface area contributed by atoms with E-state index in [2.05, 4.69) is 4.74 Å². The summed E-state index contributed by atoms with van der Waals surface area (Å²) in [4.78, 5) is 22.3. The molecule has 0 aliphatic carbocycles. The van der Waals surface area contributed by atoms with Crippen molar-refractivity contribution in [2.75, 3.05) is 6.54 Å². The Hall–Kier alpha value is -1.68. The average molecular weight is 413 g/mol. The summed E-state index contributed by atoms with van der Waals surface area (Å²) >= 11 is 0. The van der Waals surface area contributed by atoms with E-state index in [0.29, 0.717) is 12.5 Å². The van der Waals surface area contributed by atoms with E-state index < -0.39 is 50.0 Å². The van der Waals surface area contributed by atoms with E-state index in [9.17, 15) is 31.6 Å². The van der Waals surface area contributed by atoms with Crippen molar-refractivity contribution >= 4 is 14.4 Å². The van der Waals surface area contributed by atoms with Gasteiger partial charge in [-0.3, -0.25) is 0 Å². The first-order valence-electron chi connectivity index (χ1n) is 8.62. The molecule has 0 heterocycles. The van der Waals surface area contributed by atoms with Crippen LogP contribution in [-0.2, 0) is 0 Å². The smallest absolute Gasteiger partial charge is 0.431 e. The zero-order valence-corrected chi connectivity index (χ0v) is 16.7. The summed E-state index contributed by atoms with van der Waals surface area (Å²) in [5.74, 6) is -9.17. The van der Waals surface area contributed by atoms with Crippen molar-refractivity contribution in [3.8, 4) is 5.75 Å². The fourth-order valence-electron chi connectivity index (χ4n) is 2.76. The number of hydrogen-bond donors (Lipinski definition) is 1. The molecule has 0 radical (unpaired) electrons. The van der Waals surface area contributed by atoms with Crippen LogP contribution in [-0.4, -0.2) is 30.9 Å². The largest absolute Gasteiger partial charge is 0.443 e.